The van der Waals surface area contributed by atoms with Crippen LogP contribution in [0, 0.1) is 0 Å². The third-order valence-corrected chi connectivity index (χ3v) is 3.68. The average Bonchev–Trinajstić information content (AvgIpc) is 2.61. The smallest absolute Gasteiger partial charge is 0.0487 e. The van der Waals surface area contributed by atoms with Gasteiger partial charge in [-0.2, -0.15) is 0 Å². The first-order chi connectivity index (χ1) is 10.8. The maximum atomic E-state index is 2.22. The van der Waals surface area contributed by atoms with Crippen molar-refractivity contribution in [1.29, 1.82) is 0 Å². The lowest BCUT2D eigenvalue weighted by atomic mass is 10.1. The monoisotopic (exact) mass is 285 g/mol. The van der Waals surface area contributed by atoms with Crippen molar-refractivity contribution in [1.82, 2.24) is 0 Å². The Kier molecular flexibility index (Phi) is 4.35. The Balaban J connectivity index is 2.06. The van der Waals surface area contributed by atoms with Crippen molar-refractivity contribution >= 4 is 17.5 Å². The topological polar surface area (TPSA) is 3.24 Å². The van der Waals surface area contributed by atoms with Crippen LogP contribution in [0.1, 0.15) is 11.1 Å². The number of hydrogen-bond donors (Lipinski definition) is 0. The van der Waals surface area contributed by atoms with E-state index >= 15 is 0 Å². The summed E-state index contributed by atoms with van der Waals surface area (Å²) in [5.74, 6) is 0. The molecule has 0 aliphatic rings. The molecule has 22 heavy (non-hydrogen) atoms. The van der Waals surface area contributed by atoms with Gasteiger partial charge in [0.1, 0.15) is 0 Å². The molecule has 0 radical (unpaired) electrons. The molecule has 0 aliphatic heterocycles. The summed E-state index contributed by atoms with van der Waals surface area (Å²) in [5, 5.41) is 0. The molecule has 0 saturated carbocycles. The van der Waals surface area contributed by atoms with E-state index in [4.69, 9.17) is 0 Å². The van der Waals surface area contributed by atoms with Gasteiger partial charge in [-0.1, -0.05) is 78.9 Å². The van der Waals surface area contributed by atoms with E-state index < -0.39 is 0 Å². The Hall–Kier alpha value is -2.80. The highest BCUT2D eigenvalue weighted by Crippen LogP contribution is 2.26. The predicted molar refractivity (Wildman–Crippen MR) is 95.6 cm³/mol. The van der Waals surface area contributed by atoms with Gasteiger partial charge >= 0.3 is 0 Å². The van der Waals surface area contributed by atoms with Crippen LogP contribution in [0.15, 0.2) is 91.0 Å². The van der Waals surface area contributed by atoms with E-state index in [0.717, 1.165) is 0 Å². The summed E-state index contributed by atoms with van der Waals surface area (Å²) in [6.45, 7) is 0. The van der Waals surface area contributed by atoms with Gasteiger partial charge in [0.25, 0.3) is 0 Å². The first-order valence-corrected chi connectivity index (χ1v) is 7.45. The molecule has 0 aliphatic carbocycles. The number of rotatable bonds is 4. The number of anilines is 1. The van der Waals surface area contributed by atoms with Gasteiger partial charge in [0.05, 0.1) is 0 Å². The normalized spacial score (nSPS) is 11.2. The summed E-state index contributed by atoms with van der Waals surface area (Å²) < 4.78 is 0. The van der Waals surface area contributed by atoms with Crippen molar-refractivity contribution in [2.45, 2.75) is 0 Å². The van der Waals surface area contributed by atoms with Crippen LogP contribution < -0.4 is 4.90 Å². The molecule has 108 valence electrons. The largest absolute Gasteiger partial charge is 0.344 e. The van der Waals surface area contributed by atoms with Crippen LogP contribution >= 0.6 is 0 Å². The Morgan fingerprint density at radius 2 is 1.18 bits per heavy atom. The number of nitrogens with zero attached hydrogens (tertiary/aromatic N) is 1. The minimum Gasteiger partial charge on any atom is -0.344 e. The Bertz CT molecular complexity index is 731. The van der Waals surface area contributed by atoms with E-state index in [1.54, 1.807) is 0 Å². The predicted octanol–water partition coefficient (Wildman–Crippen LogP) is 5.32. The molecule has 0 atom stereocenters. The first kappa shape index (κ1) is 14.2. The molecule has 3 aromatic rings. The number of hydrogen-bond acceptors (Lipinski definition) is 1. The second-order valence-electron chi connectivity index (χ2n) is 5.20. The van der Waals surface area contributed by atoms with Crippen molar-refractivity contribution in [3.63, 3.8) is 0 Å². The lowest BCUT2D eigenvalue weighted by molar-refractivity contribution is 1.22. The van der Waals surface area contributed by atoms with E-state index in [-0.39, 0.29) is 0 Å². The second kappa shape index (κ2) is 6.77. The van der Waals surface area contributed by atoms with Gasteiger partial charge in [-0.25, -0.2) is 0 Å². The van der Waals surface area contributed by atoms with E-state index in [1.807, 2.05) is 18.2 Å². The van der Waals surface area contributed by atoms with Gasteiger partial charge in [-0.3, -0.25) is 0 Å². The van der Waals surface area contributed by atoms with E-state index in [1.165, 1.54) is 22.5 Å². The van der Waals surface area contributed by atoms with Crippen molar-refractivity contribution < 1.29 is 0 Å². The van der Waals surface area contributed by atoms with Gasteiger partial charge in [0.2, 0.25) is 0 Å². The first-order valence-electron chi connectivity index (χ1n) is 7.45. The summed E-state index contributed by atoms with van der Waals surface area (Å²) in [4.78, 5) is 2.22. The molecule has 1 heteroatoms. The van der Waals surface area contributed by atoms with E-state index in [9.17, 15) is 0 Å². The molecule has 0 amide bonds. The zero-order chi connectivity index (χ0) is 15.2. The lowest BCUT2D eigenvalue weighted by Crippen LogP contribution is -2.15. The van der Waals surface area contributed by atoms with Crippen LogP contribution in [0.4, 0.5) is 5.69 Å². The molecular weight excluding hydrogens is 266 g/mol. The average molecular weight is 285 g/mol. The van der Waals surface area contributed by atoms with Crippen molar-refractivity contribution in [3.05, 3.63) is 102 Å². The zero-order valence-corrected chi connectivity index (χ0v) is 12.7. The molecule has 0 fully saturated rings. The van der Waals surface area contributed by atoms with Gasteiger partial charge < -0.3 is 4.90 Å². The summed E-state index contributed by atoms with van der Waals surface area (Å²) in [5.41, 5.74) is 4.76. The van der Waals surface area contributed by atoms with Gasteiger partial charge in [0.15, 0.2) is 0 Å². The van der Waals surface area contributed by atoms with Gasteiger partial charge in [-0.15, -0.1) is 0 Å². The lowest BCUT2D eigenvalue weighted by Gasteiger charge is -2.23. The Morgan fingerprint density at radius 1 is 0.682 bits per heavy atom. The molecule has 0 spiro atoms. The molecule has 3 rings (SSSR count). The maximum Gasteiger partial charge on any atom is 0.0487 e. The van der Waals surface area contributed by atoms with Crippen LogP contribution in [0.25, 0.3) is 11.8 Å². The highest BCUT2D eigenvalue weighted by Gasteiger charge is 2.09. The Morgan fingerprint density at radius 3 is 1.77 bits per heavy atom. The SMILES string of the molecule is CN(/C(=C/c1ccccc1)c1ccccc1)c1ccccc1. The molecule has 0 unspecified atom stereocenters. The minimum absolute atomic E-state index is 1.17. The van der Waals surface area contributed by atoms with Crippen LogP contribution in [0.5, 0.6) is 0 Å². The molecule has 0 heterocycles. The van der Waals surface area contributed by atoms with Crippen LogP contribution in [-0.2, 0) is 0 Å². The zero-order valence-electron chi connectivity index (χ0n) is 12.7. The summed E-state index contributed by atoms with van der Waals surface area (Å²) in [6, 6.07) is 31.4. The number of benzene rings is 3. The highest BCUT2D eigenvalue weighted by atomic mass is 15.1. The standard InChI is InChI=1S/C21H19N/c1-22(20-15-9-4-10-16-20)21(19-13-7-3-8-14-19)17-18-11-5-2-6-12-18/h2-17H,1H3/b21-17+. The number of para-hydroxylation sites is 1. The maximum absolute atomic E-state index is 2.22. The van der Waals surface area contributed by atoms with Crippen molar-refractivity contribution in [3.8, 4) is 0 Å². The summed E-state index contributed by atoms with van der Waals surface area (Å²) in [6.07, 6.45) is 2.22. The van der Waals surface area contributed by atoms with E-state index in [0.29, 0.717) is 0 Å². The molecule has 0 N–H and O–H groups in total. The minimum atomic E-state index is 1.17. The summed E-state index contributed by atoms with van der Waals surface area (Å²) >= 11 is 0. The third-order valence-electron chi connectivity index (χ3n) is 3.68. The quantitative estimate of drug-likeness (QED) is 0.586. The van der Waals surface area contributed by atoms with Crippen LogP contribution in [-0.4, -0.2) is 7.05 Å². The van der Waals surface area contributed by atoms with E-state index in [2.05, 4.69) is 90.8 Å². The molecule has 0 bridgehead atoms. The third kappa shape index (κ3) is 3.26. The fourth-order valence-corrected chi connectivity index (χ4v) is 2.48. The van der Waals surface area contributed by atoms with Crippen LogP contribution in [0.3, 0.4) is 0 Å². The molecule has 0 aromatic heterocycles. The second-order valence-corrected chi connectivity index (χ2v) is 5.20. The molecule has 3 aromatic carbocycles. The summed E-state index contributed by atoms with van der Waals surface area (Å²) in [7, 11) is 2.11. The highest BCUT2D eigenvalue weighted by molar-refractivity contribution is 5.89. The molecule has 0 saturated heterocycles. The van der Waals surface area contributed by atoms with Gasteiger partial charge in [-0.05, 0) is 29.3 Å². The van der Waals surface area contributed by atoms with Crippen molar-refractivity contribution in [2.75, 3.05) is 11.9 Å². The molecule has 1 nitrogen and oxygen atoms in total. The fraction of sp³-hybridized carbons (Fsp3) is 0.0476. The van der Waals surface area contributed by atoms with Gasteiger partial charge in [0, 0.05) is 18.4 Å². The fourth-order valence-electron chi connectivity index (χ4n) is 2.48. The van der Waals surface area contributed by atoms with Crippen LogP contribution in [0.2, 0.25) is 0 Å². The molecular formula is C21H19N. The Labute approximate surface area is 132 Å². The van der Waals surface area contributed by atoms with Crippen molar-refractivity contribution in [2.24, 2.45) is 0 Å².